The van der Waals surface area contributed by atoms with E-state index in [1.807, 2.05) is 0 Å². The molecular weight excluding hydrogens is 326 g/mol. The summed E-state index contributed by atoms with van der Waals surface area (Å²) in [5.41, 5.74) is 0.310. The number of aromatic nitrogens is 2. The van der Waals surface area contributed by atoms with E-state index in [0.717, 1.165) is 11.8 Å². The summed E-state index contributed by atoms with van der Waals surface area (Å²) >= 11 is 7.17. The Labute approximate surface area is 136 Å². The summed E-state index contributed by atoms with van der Waals surface area (Å²) in [5.74, 6) is 0.311. The number of rotatable bonds is 5. The Morgan fingerprint density at radius 1 is 1.45 bits per heavy atom. The molecule has 1 amide bonds. The van der Waals surface area contributed by atoms with E-state index >= 15 is 0 Å². The molecule has 0 radical (unpaired) electrons. The molecule has 1 aromatic heterocycles. The molecule has 0 spiro atoms. The molecule has 0 aliphatic carbocycles. The molecule has 0 saturated carbocycles. The van der Waals surface area contributed by atoms with Crippen molar-refractivity contribution in [3.05, 3.63) is 45.8 Å². The Hall–Kier alpha value is -1.99. The van der Waals surface area contributed by atoms with Crippen LogP contribution in [0, 0.1) is 0 Å². The number of carbonyl (C=O) groups is 1. The topological polar surface area (TPSA) is 84.1 Å². The van der Waals surface area contributed by atoms with Crippen LogP contribution in [0.25, 0.3) is 0 Å². The van der Waals surface area contributed by atoms with Crippen LogP contribution in [0.15, 0.2) is 40.4 Å². The number of amides is 1. The van der Waals surface area contributed by atoms with Crippen molar-refractivity contribution < 1.29 is 9.53 Å². The van der Waals surface area contributed by atoms with Crippen molar-refractivity contribution in [2.75, 3.05) is 12.4 Å². The molecule has 2 aromatic rings. The maximum absolute atomic E-state index is 12.1. The highest BCUT2D eigenvalue weighted by Gasteiger charge is 2.16. The molecule has 0 saturated heterocycles. The fourth-order valence-electron chi connectivity index (χ4n) is 1.62. The normalized spacial score (nSPS) is 11.8. The highest BCUT2D eigenvalue weighted by Crippen LogP contribution is 2.28. The molecule has 2 rings (SSSR count). The summed E-state index contributed by atoms with van der Waals surface area (Å²) < 4.78 is 5.05. The molecule has 1 atom stereocenters. The number of H-pyrrole nitrogens is 1. The Morgan fingerprint density at radius 3 is 2.86 bits per heavy atom. The van der Waals surface area contributed by atoms with Gasteiger partial charge in [0.25, 0.3) is 5.56 Å². The van der Waals surface area contributed by atoms with Crippen LogP contribution in [0.2, 0.25) is 5.02 Å². The highest BCUT2D eigenvalue weighted by molar-refractivity contribution is 8.00. The minimum atomic E-state index is -0.438. The fourth-order valence-corrected chi connectivity index (χ4v) is 2.66. The van der Waals surface area contributed by atoms with Gasteiger partial charge in [0.15, 0.2) is 5.16 Å². The Balaban J connectivity index is 2.02. The number of halogens is 1. The zero-order chi connectivity index (χ0) is 16.1. The summed E-state index contributed by atoms with van der Waals surface area (Å²) in [5, 5.41) is 3.11. The molecule has 0 aliphatic heterocycles. The third-order valence-electron chi connectivity index (χ3n) is 2.72. The number of hydrogen-bond donors (Lipinski definition) is 2. The summed E-state index contributed by atoms with van der Waals surface area (Å²) in [6.07, 6.45) is 1.40. The average Bonchev–Trinajstić information content (AvgIpc) is 2.47. The lowest BCUT2D eigenvalue weighted by Crippen LogP contribution is -2.23. The Morgan fingerprint density at radius 2 is 2.23 bits per heavy atom. The predicted molar refractivity (Wildman–Crippen MR) is 86.8 cm³/mol. The molecule has 116 valence electrons. The van der Waals surface area contributed by atoms with Crippen LogP contribution in [0.5, 0.6) is 5.75 Å². The summed E-state index contributed by atoms with van der Waals surface area (Å²) in [4.78, 5) is 29.9. The van der Waals surface area contributed by atoms with E-state index in [4.69, 9.17) is 16.3 Å². The predicted octanol–water partition coefficient (Wildman–Crippen LogP) is 2.55. The van der Waals surface area contributed by atoms with Crippen LogP contribution < -0.4 is 15.6 Å². The van der Waals surface area contributed by atoms with Crippen LogP contribution in [0.4, 0.5) is 5.69 Å². The van der Waals surface area contributed by atoms with Crippen LogP contribution in [0.3, 0.4) is 0 Å². The minimum absolute atomic E-state index is 0.224. The maximum atomic E-state index is 12.1. The van der Waals surface area contributed by atoms with Gasteiger partial charge in [-0.3, -0.25) is 9.59 Å². The summed E-state index contributed by atoms with van der Waals surface area (Å²) in [6.45, 7) is 1.72. The van der Waals surface area contributed by atoms with Crippen molar-refractivity contribution in [3.63, 3.8) is 0 Å². The van der Waals surface area contributed by atoms with Crippen molar-refractivity contribution in [2.45, 2.75) is 17.3 Å². The van der Waals surface area contributed by atoms with Crippen molar-refractivity contribution in [1.82, 2.24) is 9.97 Å². The molecule has 1 heterocycles. The van der Waals surface area contributed by atoms with Crippen molar-refractivity contribution in [1.29, 1.82) is 0 Å². The van der Waals surface area contributed by atoms with Crippen LogP contribution in [-0.2, 0) is 4.79 Å². The Bertz CT molecular complexity index is 735. The van der Waals surface area contributed by atoms with Gasteiger partial charge in [-0.25, -0.2) is 4.98 Å². The quantitative estimate of drug-likeness (QED) is 0.646. The van der Waals surface area contributed by atoms with Crippen molar-refractivity contribution in [3.8, 4) is 5.75 Å². The van der Waals surface area contributed by atoms with Gasteiger partial charge in [0, 0.05) is 18.0 Å². The van der Waals surface area contributed by atoms with Crippen molar-refractivity contribution >= 4 is 35.0 Å². The van der Waals surface area contributed by atoms with Gasteiger partial charge in [0.1, 0.15) is 5.75 Å². The van der Waals surface area contributed by atoms with Crippen LogP contribution in [0.1, 0.15) is 6.92 Å². The lowest BCUT2D eigenvalue weighted by Gasteiger charge is -2.12. The van der Waals surface area contributed by atoms with Gasteiger partial charge in [-0.05, 0) is 25.1 Å². The van der Waals surface area contributed by atoms with E-state index in [9.17, 15) is 9.59 Å². The molecule has 8 heteroatoms. The molecule has 1 aromatic carbocycles. The number of methoxy groups -OCH3 is 1. The second-order valence-electron chi connectivity index (χ2n) is 4.34. The molecule has 6 nitrogen and oxygen atoms in total. The number of thioether (sulfide) groups is 1. The average molecular weight is 340 g/mol. The fraction of sp³-hybridized carbons (Fsp3) is 0.214. The number of nitrogens with one attached hydrogen (secondary N) is 2. The smallest absolute Gasteiger partial charge is 0.251 e. The first-order valence-electron chi connectivity index (χ1n) is 6.36. The van der Waals surface area contributed by atoms with Gasteiger partial charge in [-0.15, -0.1) is 0 Å². The van der Waals surface area contributed by atoms with Gasteiger partial charge in [0.2, 0.25) is 5.91 Å². The van der Waals surface area contributed by atoms with Gasteiger partial charge < -0.3 is 15.0 Å². The second kappa shape index (κ2) is 7.33. The molecule has 0 unspecified atom stereocenters. The number of ether oxygens (including phenoxy) is 1. The SMILES string of the molecule is COc1ccc(NC(=O)[C@@H](C)Sc2nccc(=O)[nH]2)cc1Cl. The van der Waals surface area contributed by atoms with E-state index in [2.05, 4.69) is 15.3 Å². The van der Waals surface area contributed by atoms with Gasteiger partial charge in [-0.1, -0.05) is 23.4 Å². The lowest BCUT2D eigenvalue weighted by atomic mass is 10.3. The zero-order valence-electron chi connectivity index (χ0n) is 11.9. The molecular formula is C14H14ClN3O3S. The molecule has 22 heavy (non-hydrogen) atoms. The van der Waals surface area contributed by atoms with Crippen LogP contribution >= 0.6 is 23.4 Å². The monoisotopic (exact) mass is 339 g/mol. The van der Waals surface area contributed by atoms with E-state index in [1.54, 1.807) is 25.1 Å². The first-order chi connectivity index (χ1) is 10.5. The van der Waals surface area contributed by atoms with E-state index in [1.165, 1.54) is 19.4 Å². The number of carbonyl (C=O) groups excluding carboxylic acids is 1. The number of benzene rings is 1. The molecule has 0 bridgehead atoms. The first kappa shape index (κ1) is 16.4. The number of aromatic amines is 1. The third kappa shape index (κ3) is 4.25. The van der Waals surface area contributed by atoms with Crippen molar-refractivity contribution in [2.24, 2.45) is 0 Å². The van der Waals surface area contributed by atoms with Gasteiger partial charge in [0.05, 0.1) is 17.4 Å². The highest BCUT2D eigenvalue weighted by atomic mass is 35.5. The summed E-state index contributed by atoms with van der Waals surface area (Å²) in [6, 6.07) is 6.29. The van der Waals surface area contributed by atoms with E-state index < -0.39 is 5.25 Å². The van der Waals surface area contributed by atoms with E-state index in [0.29, 0.717) is 21.6 Å². The number of nitrogens with zero attached hydrogens (tertiary/aromatic N) is 1. The number of anilines is 1. The minimum Gasteiger partial charge on any atom is -0.495 e. The standard InChI is InChI=1S/C14H14ClN3O3S/c1-8(22-14-16-6-5-12(19)18-14)13(20)17-9-3-4-11(21-2)10(15)7-9/h3-8H,1-2H3,(H,17,20)(H,16,18,19)/t8-/m1/s1. The zero-order valence-corrected chi connectivity index (χ0v) is 13.5. The largest absolute Gasteiger partial charge is 0.495 e. The second-order valence-corrected chi connectivity index (χ2v) is 6.07. The van der Waals surface area contributed by atoms with Gasteiger partial charge in [-0.2, -0.15) is 0 Å². The third-order valence-corrected chi connectivity index (χ3v) is 4.02. The molecule has 0 fully saturated rings. The van der Waals surface area contributed by atoms with Gasteiger partial charge >= 0.3 is 0 Å². The Kier molecular flexibility index (Phi) is 5.46. The van der Waals surface area contributed by atoms with E-state index in [-0.39, 0.29) is 11.5 Å². The first-order valence-corrected chi connectivity index (χ1v) is 7.61. The summed E-state index contributed by atoms with van der Waals surface area (Å²) in [7, 11) is 1.52. The lowest BCUT2D eigenvalue weighted by molar-refractivity contribution is -0.115. The number of hydrogen-bond acceptors (Lipinski definition) is 5. The van der Waals surface area contributed by atoms with Crippen LogP contribution in [-0.4, -0.2) is 28.2 Å². The molecule has 2 N–H and O–H groups in total. The maximum Gasteiger partial charge on any atom is 0.251 e. The molecule has 0 aliphatic rings.